The molecule has 0 spiro atoms. The standard InChI is InChI=1S/C11H17N3O4/c1-18-7-8(15)5-6-13-10-4-2-3-9(12)11(10)14(16)17/h2-4,8,13,15H,5-7,12H2,1H3. The Morgan fingerprint density at radius 2 is 2.33 bits per heavy atom. The van der Waals surface area contributed by atoms with Crippen LogP contribution in [0.3, 0.4) is 0 Å². The number of nitro benzene ring substituents is 1. The summed E-state index contributed by atoms with van der Waals surface area (Å²) in [7, 11) is 1.50. The monoisotopic (exact) mass is 255 g/mol. The van der Waals surface area contributed by atoms with Crippen LogP contribution in [0.15, 0.2) is 18.2 Å². The van der Waals surface area contributed by atoms with E-state index in [0.29, 0.717) is 18.7 Å². The first-order valence-electron chi connectivity index (χ1n) is 5.50. The summed E-state index contributed by atoms with van der Waals surface area (Å²) in [6, 6.07) is 4.69. The van der Waals surface area contributed by atoms with Gasteiger partial charge in [0.2, 0.25) is 0 Å². The predicted octanol–water partition coefficient (Wildman–Crippen LogP) is 0.986. The van der Waals surface area contributed by atoms with Gasteiger partial charge in [-0.2, -0.15) is 0 Å². The number of benzene rings is 1. The molecule has 0 fully saturated rings. The van der Waals surface area contributed by atoms with Gasteiger partial charge in [-0.1, -0.05) is 6.07 Å². The van der Waals surface area contributed by atoms with Gasteiger partial charge in [0, 0.05) is 13.7 Å². The van der Waals surface area contributed by atoms with Crippen molar-refractivity contribution in [2.75, 3.05) is 31.3 Å². The molecule has 1 atom stereocenters. The molecule has 7 nitrogen and oxygen atoms in total. The smallest absolute Gasteiger partial charge is 0.314 e. The van der Waals surface area contributed by atoms with Crippen molar-refractivity contribution in [1.82, 2.24) is 0 Å². The van der Waals surface area contributed by atoms with E-state index >= 15 is 0 Å². The van der Waals surface area contributed by atoms with Crippen LogP contribution in [0.25, 0.3) is 0 Å². The van der Waals surface area contributed by atoms with E-state index in [1.165, 1.54) is 13.2 Å². The average Bonchev–Trinajstić information content (AvgIpc) is 2.28. The molecule has 0 aliphatic rings. The number of aliphatic hydroxyl groups is 1. The average molecular weight is 255 g/mol. The Morgan fingerprint density at radius 3 is 2.94 bits per heavy atom. The van der Waals surface area contributed by atoms with Crippen LogP contribution in [0.2, 0.25) is 0 Å². The Morgan fingerprint density at radius 1 is 1.61 bits per heavy atom. The zero-order chi connectivity index (χ0) is 13.5. The van der Waals surface area contributed by atoms with Crippen LogP contribution >= 0.6 is 0 Å². The summed E-state index contributed by atoms with van der Waals surface area (Å²) in [4.78, 5) is 10.3. The molecule has 7 heteroatoms. The number of methoxy groups -OCH3 is 1. The van der Waals surface area contributed by atoms with Gasteiger partial charge in [-0.15, -0.1) is 0 Å². The summed E-state index contributed by atoms with van der Waals surface area (Å²) < 4.78 is 4.78. The molecular formula is C11H17N3O4. The topological polar surface area (TPSA) is 111 Å². The number of nitrogens with two attached hydrogens (primary N) is 1. The van der Waals surface area contributed by atoms with Gasteiger partial charge in [-0.3, -0.25) is 10.1 Å². The summed E-state index contributed by atoms with van der Waals surface area (Å²) >= 11 is 0. The van der Waals surface area contributed by atoms with Crippen molar-refractivity contribution in [3.05, 3.63) is 28.3 Å². The van der Waals surface area contributed by atoms with Gasteiger partial charge < -0.3 is 20.9 Å². The van der Waals surface area contributed by atoms with Crippen LogP contribution in [0.5, 0.6) is 0 Å². The molecule has 0 amide bonds. The number of para-hydroxylation sites is 1. The van der Waals surface area contributed by atoms with E-state index in [2.05, 4.69) is 5.32 Å². The molecule has 1 rings (SSSR count). The highest BCUT2D eigenvalue weighted by molar-refractivity contribution is 5.74. The van der Waals surface area contributed by atoms with Crippen molar-refractivity contribution in [3.63, 3.8) is 0 Å². The lowest BCUT2D eigenvalue weighted by molar-refractivity contribution is -0.383. The van der Waals surface area contributed by atoms with Crippen LogP contribution in [0.4, 0.5) is 17.1 Å². The van der Waals surface area contributed by atoms with Crippen LogP contribution in [0, 0.1) is 10.1 Å². The van der Waals surface area contributed by atoms with Gasteiger partial charge in [0.1, 0.15) is 11.4 Å². The van der Waals surface area contributed by atoms with Crippen molar-refractivity contribution < 1.29 is 14.8 Å². The summed E-state index contributed by atoms with van der Waals surface area (Å²) in [5, 5.41) is 23.2. The number of nitrogens with one attached hydrogen (secondary N) is 1. The predicted molar refractivity (Wildman–Crippen MR) is 68.5 cm³/mol. The van der Waals surface area contributed by atoms with E-state index in [0.717, 1.165) is 0 Å². The summed E-state index contributed by atoms with van der Waals surface area (Å²) in [6.07, 6.45) is -0.164. The second kappa shape index (κ2) is 6.77. The Hall–Kier alpha value is -1.86. The molecule has 0 aliphatic heterocycles. The van der Waals surface area contributed by atoms with Crippen molar-refractivity contribution in [2.24, 2.45) is 0 Å². The minimum atomic E-state index is -0.595. The maximum Gasteiger partial charge on any atom is 0.314 e. The molecule has 1 unspecified atom stereocenters. The molecule has 0 radical (unpaired) electrons. The second-order valence-corrected chi connectivity index (χ2v) is 3.83. The van der Waals surface area contributed by atoms with Crippen molar-refractivity contribution in [3.8, 4) is 0 Å². The molecule has 100 valence electrons. The van der Waals surface area contributed by atoms with E-state index < -0.39 is 11.0 Å². The fourth-order valence-electron chi connectivity index (χ4n) is 1.56. The molecule has 0 saturated heterocycles. The fourth-order valence-corrected chi connectivity index (χ4v) is 1.56. The highest BCUT2D eigenvalue weighted by Gasteiger charge is 2.17. The molecule has 0 aromatic heterocycles. The number of aliphatic hydroxyl groups excluding tert-OH is 1. The third-order valence-electron chi connectivity index (χ3n) is 2.40. The largest absolute Gasteiger partial charge is 0.393 e. The first-order valence-corrected chi connectivity index (χ1v) is 5.50. The fraction of sp³-hybridized carbons (Fsp3) is 0.455. The van der Waals surface area contributed by atoms with Crippen molar-refractivity contribution >= 4 is 17.1 Å². The van der Waals surface area contributed by atoms with Gasteiger partial charge in [0.15, 0.2) is 0 Å². The number of rotatable bonds is 7. The molecule has 0 saturated carbocycles. The summed E-state index contributed by atoms with van der Waals surface area (Å²) in [5.74, 6) is 0. The Bertz CT molecular complexity index is 411. The van der Waals surface area contributed by atoms with Gasteiger partial charge in [-0.05, 0) is 18.6 Å². The van der Waals surface area contributed by atoms with E-state index in [1.54, 1.807) is 12.1 Å². The lowest BCUT2D eigenvalue weighted by Gasteiger charge is -2.11. The number of nitro groups is 1. The Balaban J connectivity index is 2.62. The molecule has 1 aromatic carbocycles. The molecule has 0 bridgehead atoms. The number of ether oxygens (including phenoxy) is 1. The number of hydrogen-bond acceptors (Lipinski definition) is 6. The van der Waals surface area contributed by atoms with Gasteiger partial charge in [0.05, 0.1) is 17.6 Å². The van der Waals surface area contributed by atoms with Gasteiger partial charge in [-0.25, -0.2) is 0 Å². The SMILES string of the molecule is COCC(O)CCNc1cccc(N)c1[N+](=O)[O-]. The minimum absolute atomic E-state index is 0.113. The molecule has 0 aliphatic carbocycles. The van der Waals surface area contributed by atoms with Crippen molar-refractivity contribution in [1.29, 1.82) is 0 Å². The lowest BCUT2D eigenvalue weighted by atomic mass is 10.2. The lowest BCUT2D eigenvalue weighted by Crippen LogP contribution is -2.18. The number of hydrogen-bond donors (Lipinski definition) is 3. The van der Waals surface area contributed by atoms with Crippen LogP contribution in [-0.2, 0) is 4.74 Å². The first-order chi connectivity index (χ1) is 8.56. The second-order valence-electron chi connectivity index (χ2n) is 3.83. The van der Waals surface area contributed by atoms with Crippen LogP contribution in [-0.4, -0.2) is 36.4 Å². The maximum atomic E-state index is 10.9. The third-order valence-corrected chi connectivity index (χ3v) is 2.40. The van der Waals surface area contributed by atoms with E-state index in [-0.39, 0.29) is 18.0 Å². The summed E-state index contributed by atoms with van der Waals surface area (Å²) in [5.41, 5.74) is 5.88. The van der Waals surface area contributed by atoms with E-state index in [1.807, 2.05) is 0 Å². The van der Waals surface area contributed by atoms with Gasteiger partial charge >= 0.3 is 5.69 Å². The molecule has 18 heavy (non-hydrogen) atoms. The number of nitrogens with zero attached hydrogens (tertiary/aromatic N) is 1. The molecular weight excluding hydrogens is 238 g/mol. The Labute approximate surface area is 105 Å². The third kappa shape index (κ3) is 3.86. The zero-order valence-electron chi connectivity index (χ0n) is 10.1. The number of nitrogen functional groups attached to an aromatic ring is 1. The molecule has 0 heterocycles. The maximum absolute atomic E-state index is 10.9. The summed E-state index contributed by atoms with van der Waals surface area (Å²) in [6.45, 7) is 0.634. The van der Waals surface area contributed by atoms with E-state index in [4.69, 9.17) is 10.5 Å². The van der Waals surface area contributed by atoms with E-state index in [9.17, 15) is 15.2 Å². The quantitative estimate of drug-likeness (QED) is 0.380. The zero-order valence-corrected chi connectivity index (χ0v) is 10.1. The van der Waals surface area contributed by atoms with Gasteiger partial charge in [0.25, 0.3) is 0 Å². The van der Waals surface area contributed by atoms with Crippen molar-refractivity contribution in [2.45, 2.75) is 12.5 Å². The number of anilines is 2. The Kier molecular flexibility index (Phi) is 5.34. The molecule has 1 aromatic rings. The highest BCUT2D eigenvalue weighted by atomic mass is 16.6. The highest BCUT2D eigenvalue weighted by Crippen LogP contribution is 2.30. The van der Waals surface area contributed by atoms with Crippen LogP contribution < -0.4 is 11.1 Å². The van der Waals surface area contributed by atoms with Crippen LogP contribution in [0.1, 0.15) is 6.42 Å². The normalized spacial score (nSPS) is 12.1. The molecule has 4 N–H and O–H groups in total. The minimum Gasteiger partial charge on any atom is -0.393 e. The first kappa shape index (κ1) is 14.2.